The average Bonchev–Trinajstić information content (AvgIpc) is 2.69. The van der Waals surface area contributed by atoms with Gasteiger partial charge >= 0.3 is 0 Å². The molecule has 1 fully saturated rings. The van der Waals surface area contributed by atoms with Gasteiger partial charge in [-0.2, -0.15) is 0 Å². The first-order chi connectivity index (χ1) is 12.3. The van der Waals surface area contributed by atoms with Crippen molar-refractivity contribution in [1.29, 1.82) is 0 Å². The zero-order valence-electron chi connectivity index (χ0n) is 15.2. The van der Waals surface area contributed by atoms with Crippen LogP contribution in [0.25, 0.3) is 0 Å². The lowest BCUT2D eigenvalue weighted by Gasteiger charge is -2.36. The molecule has 3 rings (SSSR count). The molecule has 4 nitrogen and oxygen atoms in total. The van der Waals surface area contributed by atoms with Gasteiger partial charge in [0.2, 0.25) is 5.91 Å². The van der Waals surface area contributed by atoms with Crippen LogP contribution < -0.4 is 5.32 Å². The topological polar surface area (TPSA) is 41.6 Å². The number of halogens is 1. The Morgan fingerprint density at radius 1 is 1.12 bits per heavy atom. The summed E-state index contributed by atoms with van der Waals surface area (Å²) in [6.07, 6.45) is 1.03. The van der Waals surface area contributed by atoms with E-state index in [-0.39, 0.29) is 31.0 Å². The van der Waals surface area contributed by atoms with Crippen molar-refractivity contribution >= 4 is 18.3 Å². The standard InChI is InChI=1S/C21H26N2O2.ClH/c1-2-17-8-10-19(11-9-17)20-14-22-12-13-23(20)21(24)16-25-15-18-6-4-3-5-7-18;/h3-11,20,22H,2,12-16H2,1H3;1H. The van der Waals surface area contributed by atoms with Gasteiger partial charge in [-0.25, -0.2) is 0 Å². The minimum Gasteiger partial charge on any atom is -0.367 e. The quantitative estimate of drug-likeness (QED) is 0.843. The lowest BCUT2D eigenvalue weighted by molar-refractivity contribution is -0.140. The molecule has 0 aliphatic carbocycles. The molecule has 1 amide bonds. The van der Waals surface area contributed by atoms with Crippen LogP contribution in [0.1, 0.15) is 29.7 Å². The minimum absolute atomic E-state index is 0. The Morgan fingerprint density at radius 3 is 2.54 bits per heavy atom. The summed E-state index contributed by atoms with van der Waals surface area (Å²) in [5.74, 6) is 0.0574. The van der Waals surface area contributed by atoms with Gasteiger partial charge in [-0.1, -0.05) is 61.5 Å². The van der Waals surface area contributed by atoms with E-state index in [0.29, 0.717) is 13.2 Å². The summed E-state index contributed by atoms with van der Waals surface area (Å²) in [7, 11) is 0. The predicted octanol–water partition coefficient (Wildman–Crippen LogP) is 3.36. The van der Waals surface area contributed by atoms with E-state index in [2.05, 4.69) is 36.5 Å². The van der Waals surface area contributed by atoms with Gasteiger partial charge in [-0.15, -0.1) is 12.4 Å². The van der Waals surface area contributed by atoms with Crippen LogP contribution in [0.15, 0.2) is 54.6 Å². The number of hydrogen-bond donors (Lipinski definition) is 1. The van der Waals surface area contributed by atoms with Crippen LogP contribution >= 0.6 is 12.4 Å². The van der Waals surface area contributed by atoms with E-state index in [0.717, 1.165) is 25.1 Å². The highest BCUT2D eigenvalue weighted by Gasteiger charge is 2.27. The summed E-state index contributed by atoms with van der Waals surface area (Å²) in [6.45, 7) is 5.07. The van der Waals surface area contributed by atoms with E-state index in [1.807, 2.05) is 35.2 Å². The number of rotatable bonds is 6. The van der Waals surface area contributed by atoms with Gasteiger partial charge in [-0.05, 0) is 23.1 Å². The van der Waals surface area contributed by atoms with E-state index >= 15 is 0 Å². The van der Waals surface area contributed by atoms with Crippen molar-refractivity contribution in [3.63, 3.8) is 0 Å². The highest BCUT2D eigenvalue weighted by Crippen LogP contribution is 2.23. The number of ether oxygens (including phenoxy) is 1. The third-order valence-corrected chi connectivity index (χ3v) is 4.67. The molecular formula is C21H27ClN2O2. The molecule has 0 aromatic heterocycles. The van der Waals surface area contributed by atoms with Crippen LogP contribution in [0, 0.1) is 0 Å². The van der Waals surface area contributed by atoms with Gasteiger partial charge in [-0.3, -0.25) is 4.79 Å². The van der Waals surface area contributed by atoms with Crippen LogP contribution in [0.5, 0.6) is 0 Å². The molecule has 1 N–H and O–H groups in total. The normalized spacial score (nSPS) is 16.8. The molecule has 2 aromatic rings. The fourth-order valence-corrected chi connectivity index (χ4v) is 3.19. The summed E-state index contributed by atoms with van der Waals surface area (Å²) in [6, 6.07) is 18.6. The molecule has 2 aromatic carbocycles. The van der Waals surface area contributed by atoms with Crippen LogP contribution in [0.4, 0.5) is 0 Å². The molecule has 0 radical (unpaired) electrons. The van der Waals surface area contributed by atoms with Crippen LogP contribution in [0.2, 0.25) is 0 Å². The molecule has 1 aliphatic rings. The first kappa shape index (κ1) is 20.4. The number of nitrogens with zero attached hydrogens (tertiary/aromatic N) is 1. The predicted molar refractivity (Wildman–Crippen MR) is 106 cm³/mol. The van der Waals surface area contributed by atoms with Gasteiger partial charge in [0.1, 0.15) is 6.61 Å². The number of piperazine rings is 1. The van der Waals surface area contributed by atoms with Gasteiger partial charge in [0.25, 0.3) is 0 Å². The van der Waals surface area contributed by atoms with E-state index in [1.54, 1.807) is 0 Å². The van der Waals surface area contributed by atoms with E-state index in [9.17, 15) is 4.79 Å². The fraction of sp³-hybridized carbons (Fsp3) is 0.381. The highest BCUT2D eigenvalue weighted by molar-refractivity contribution is 5.85. The molecule has 1 unspecified atom stereocenters. The monoisotopic (exact) mass is 374 g/mol. The van der Waals surface area contributed by atoms with Crippen LogP contribution in [0.3, 0.4) is 0 Å². The van der Waals surface area contributed by atoms with Crippen molar-refractivity contribution in [2.75, 3.05) is 26.2 Å². The molecule has 1 saturated heterocycles. The van der Waals surface area contributed by atoms with Gasteiger partial charge < -0.3 is 15.0 Å². The van der Waals surface area contributed by atoms with Crippen molar-refractivity contribution in [3.05, 3.63) is 71.3 Å². The third-order valence-electron chi connectivity index (χ3n) is 4.67. The smallest absolute Gasteiger partial charge is 0.249 e. The number of carbonyl (C=O) groups excluding carboxylic acids is 1. The molecule has 5 heteroatoms. The maximum absolute atomic E-state index is 12.7. The molecule has 26 heavy (non-hydrogen) atoms. The Bertz CT molecular complexity index is 676. The summed E-state index contributed by atoms with van der Waals surface area (Å²) >= 11 is 0. The maximum Gasteiger partial charge on any atom is 0.249 e. The Morgan fingerprint density at radius 2 is 1.85 bits per heavy atom. The number of benzene rings is 2. The molecular weight excluding hydrogens is 348 g/mol. The number of amides is 1. The zero-order valence-corrected chi connectivity index (χ0v) is 16.0. The number of aryl methyl sites for hydroxylation is 1. The van der Waals surface area contributed by atoms with Gasteiger partial charge in [0, 0.05) is 19.6 Å². The molecule has 0 spiro atoms. The van der Waals surface area contributed by atoms with E-state index in [1.165, 1.54) is 11.1 Å². The van der Waals surface area contributed by atoms with Crippen molar-refractivity contribution < 1.29 is 9.53 Å². The molecule has 1 aliphatic heterocycles. The molecule has 0 bridgehead atoms. The van der Waals surface area contributed by atoms with Crippen molar-refractivity contribution in [3.8, 4) is 0 Å². The van der Waals surface area contributed by atoms with E-state index < -0.39 is 0 Å². The van der Waals surface area contributed by atoms with Crippen molar-refractivity contribution in [2.45, 2.75) is 26.0 Å². The van der Waals surface area contributed by atoms with E-state index in [4.69, 9.17) is 4.74 Å². The second-order valence-corrected chi connectivity index (χ2v) is 6.38. The number of hydrogen-bond acceptors (Lipinski definition) is 3. The second-order valence-electron chi connectivity index (χ2n) is 6.38. The number of carbonyl (C=O) groups is 1. The van der Waals surface area contributed by atoms with Crippen LogP contribution in [-0.2, 0) is 22.6 Å². The minimum atomic E-state index is 0. The SMILES string of the molecule is CCc1ccc(C2CNCCN2C(=O)COCc2ccccc2)cc1.Cl. The van der Waals surface area contributed by atoms with Crippen molar-refractivity contribution in [2.24, 2.45) is 0 Å². The Balaban J connectivity index is 0.00000243. The Kier molecular flexibility index (Phi) is 8.10. The van der Waals surface area contributed by atoms with Crippen molar-refractivity contribution in [1.82, 2.24) is 10.2 Å². The zero-order chi connectivity index (χ0) is 17.5. The molecule has 1 heterocycles. The maximum atomic E-state index is 12.7. The lowest BCUT2D eigenvalue weighted by atomic mass is 10.0. The summed E-state index contributed by atoms with van der Waals surface area (Å²) in [5, 5.41) is 3.39. The summed E-state index contributed by atoms with van der Waals surface area (Å²) in [5.41, 5.74) is 3.58. The largest absolute Gasteiger partial charge is 0.367 e. The molecule has 0 saturated carbocycles. The van der Waals surface area contributed by atoms with Crippen LogP contribution in [-0.4, -0.2) is 37.0 Å². The summed E-state index contributed by atoms with van der Waals surface area (Å²) in [4.78, 5) is 14.6. The Labute approximate surface area is 162 Å². The first-order valence-electron chi connectivity index (χ1n) is 8.98. The fourth-order valence-electron chi connectivity index (χ4n) is 3.19. The summed E-state index contributed by atoms with van der Waals surface area (Å²) < 4.78 is 5.64. The third kappa shape index (κ3) is 5.31. The van der Waals surface area contributed by atoms with Gasteiger partial charge in [0.05, 0.1) is 12.6 Å². The molecule has 1 atom stereocenters. The lowest BCUT2D eigenvalue weighted by Crippen LogP contribution is -2.49. The average molecular weight is 375 g/mol. The molecule has 140 valence electrons. The Hall–Kier alpha value is -1.88. The second kappa shape index (κ2) is 10.3. The first-order valence-corrected chi connectivity index (χ1v) is 8.98. The highest BCUT2D eigenvalue weighted by atomic mass is 35.5. The van der Waals surface area contributed by atoms with Gasteiger partial charge in [0.15, 0.2) is 0 Å². The number of nitrogens with one attached hydrogen (secondary N) is 1.